The lowest BCUT2D eigenvalue weighted by molar-refractivity contribution is 0.0958. The van der Waals surface area contributed by atoms with E-state index in [0.717, 1.165) is 12.2 Å². The molecule has 0 aromatic heterocycles. The van der Waals surface area contributed by atoms with Crippen LogP contribution >= 0.6 is 0 Å². The molecule has 1 amide bonds. The van der Waals surface area contributed by atoms with E-state index in [2.05, 4.69) is 5.32 Å². The van der Waals surface area contributed by atoms with Crippen LogP contribution < -0.4 is 10.1 Å². The Morgan fingerprint density at radius 3 is 2.65 bits per heavy atom. The molecule has 0 radical (unpaired) electrons. The smallest absolute Gasteiger partial charge is 0.252 e. The number of rotatable bonds is 5. The lowest BCUT2D eigenvalue weighted by atomic mass is 10.2. The molecule has 0 heterocycles. The van der Waals surface area contributed by atoms with Crippen molar-refractivity contribution in [1.29, 1.82) is 5.26 Å². The first kappa shape index (κ1) is 13.0. The molecule has 0 spiro atoms. The lowest BCUT2D eigenvalue weighted by Crippen LogP contribution is -2.23. The Kier molecular flexibility index (Phi) is 5.02. The number of hydrogen-bond donors (Lipinski definition) is 1. The zero-order valence-electron chi connectivity index (χ0n) is 10.1. The minimum atomic E-state index is -0.248. The quantitative estimate of drug-likeness (QED) is 0.791. The summed E-state index contributed by atoms with van der Waals surface area (Å²) in [6.07, 6.45) is 1.10. The number of benzene rings is 1. The first-order chi connectivity index (χ1) is 8.17. The van der Waals surface area contributed by atoms with E-state index in [4.69, 9.17) is 10.00 Å². The van der Waals surface area contributed by atoms with E-state index in [1.807, 2.05) is 19.9 Å². The van der Waals surface area contributed by atoms with Gasteiger partial charge in [0.15, 0.2) is 0 Å². The Bertz CT molecular complexity index is 406. The molecule has 0 aliphatic heterocycles. The summed E-state index contributed by atoms with van der Waals surface area (Å²) >= 11 is 0. The minimum Gasteiger partial charge on any atom is -0.491 e. The van der Waals surface area contributed by atoms with E-state index >= 15 is 0 Å². The maximum absolute atomic E-state index is 11.5. The summed E-state index contributed by atoms with van der Waals surface area (Å²) < 4.78 is 5.60. The molecule has 0 saturated carbocycles. The van der Waals surface area contributed by atoms with Crippen LogP contribution in [0.1, 0.15) is 30.6 Å². The Morgan fingerprint density at radius 2 is 2.12 bits per heavy atom. The Labute approximate surface area is 101 Å². The summed E-state index contributed by atoms with van der Waals surface area (Å²) in [5.74, 6) is 0.498. The highest BCUT2D eigenvalue weighted by Crippen LogP contribution is 2.14. The fourth-order valence-corrected chi connectivity index (χ4v) is 1.22. The molecular weight excluding hydrogens is 216 g/mol. The minimum absolute atomic E-state index is 0.0178. The first-order valence-corrected chi connectivity index (χ1v) is 5.59. The van der Waals surface area contributed by atoms with Crippen molar-refractivity contribution in [3.63, 3.8) is 0 Å². The number of nitrogens with zero attached hydrogens (tertiary/aromatic N) is 1. The largest absolute Gasteiger partial charge is 0.491 e. The fourth-order valence-electron chi connectivity index (χ4n) is 1.22. The van der Waals surface area contributed by atoms with E-state index in [1.165, 1.54) is 0 Å². The van der Waals surface area contributed by atoms with Crippen molar-refractivity contribution >= 4 is 5.91 Å². The van der Waals surface area contributed by atoms with Crippen LogP contribution in [0.25, 0.3) is 0 Å². The molecule has 4 heteroatoms. The topological polar surface area (TPSA) is 62.1 Å². The monoisotopic (exact) mass is 232 g/mol. The highest BCUT2D eigenvalue weighted by atomic mass is 16.5. The molecule has 1 rings (SSSR count). The Balaban J connectivity index is 2.62. The average molecular weight is 232 g/mol. The molecule has 17 heavy (non-hydrogen) atoms. The van der Waals surface area contributed by atoms with Gasteiger partial charge in [-0.15, -0.1) is 0 Å². The predicted molar refractivity (Wildman–Crippen MR) is 64.8 cm³/mol. The molecule has 0 bridgehead atoms. The normalized spacial score (nSPS) is 11.4. The third-order valence-corrected chi connectivity index (χ3v) is 2.36. The van der Waals surface area contributed by atoms with Crippen molar-refractivity contribution in [3.8, 4) is 11.8 Å². The number of carbonyl (C=O) groups is 1. The summed E-state index contributed by atoms with van der Waals surface area (Å²) in [4.78, 5) is 11.5. The molecule has 1 aromatic carbocycles. The number of nitriles is 1. The zero-order chi connectivity index (χ0) is 12.7. The number of hydrogen-bond acceptors (Lipinski definition) is 3. The van der Waals surface area contributed by atoms with Crippen LogP contribution in [0.3, 0.4) is 0 Å². The summed E-state index contributed by atoms with van der Waals surface area (Å²) in [6, 6.07) is 8.74. The van der Waals surface area contributed by atoms with E-state index in [9.17, 15) is 4.79 Å². The SMILES string of the molecule is CCC(C)Oc1ccc(C(=O)NCC#N)cc1. The van der Waals surface area contributed by atoms with Gasteiger partial charge in [-0.05, 0) is 37.6 Å². The standard InChI is InChI=1S/C13H16N2O2/c1-3-10(2)17-12-6-4-11(5-7-12)13(16)15-9-8-14/h4-7,10H,3,9H2,1-2H3,(H,15,16). The third-order valence-electron chi connectivity index (χ3n) is 2.36. The Hall–Kier alpha value is -2.02. The first-order valence-electron chi connectivity index (χ1n) is 5.59. The Morgan fingerprint density at radius 1 is 1.47 bits per heavy atom. The molecule has 0 fully saturated rings. The molecular formula is C13H16N2O2. The average Bonchev–Trinajstić information content (AvgIpc) is 2.36. The maximum Gasteiger partial charge on any atom is 0.252 e. The van der Waals surface area contributed by atoms with Crippen molar-refractivity contribution in [2.24, 2.45) is 0 Å². The summed E-state index contributed by atoms with van der Waals surface area (Å²) in [5, 5.41) is 10.8. The van der Waals surface area contributed by atoms with Crippen LogP contribution in [0, 0.1) is 11.3 Å². The fraction of sp³-hybridized carbons (Fsp3) is 0.385. The van der Waals surface area contributed by atoms with Gasteiger partial charge in [0.05, 0.1) is 12.2 Å². The van der Waals surface area contributed by atoms with Crippen molar-refractivity contribution in [3.05, 3.63) is 29.8 Å². The van der Waals surface area contributed by atoms with Gasteiger partial charge in [-0.1, -0.05) is 6.92 Å². The molecule has 1 N–H and O–H groups in total. The van der Waals surface area contributed by atoms with E-state index in [0.29, 0.717) is 5.56 Å². The van der Waals surface area contributed by atoms with Gasteiger partial charge in [-0.3, -0.25) is 4.79 Å². The van der Waals surface area contributed by atoms with Gasteiger partial charge in [0.2, 0.25) is 0 Å². The van der Waals surface area contributed by atoms with Crippen LogP contribution in [0.4, 0.5) is 0 Å². The van der Waals surface area contributed by atoms with Crippen molar-refractivity contribution in [1.82, 2.24) is 5.32 Å². The van der Waals surface area contributed by atoms with Gasteiger partial charge in [0, 0.05) is 5.56 Å². The van der Waals surface area contributed by atoms with Gasteiger partial charge in [-0.2, -0.15) is 5.26 Å². The number of amides is 1. The molecule has 4 nitrogen and oxygen atoms in total. The van der Waals surface area contributed by atoms with Crippen LogP contribution in [0.5, 0.6) is 5.75 Å². The van der Waals surface area contributed by atoms with Crippen molar-refractivity contribution < 1.29 is 9.53 Å². The van der Waals surface area contributed by atoms with Crippen LogP contribution in [-0.4, -0.2) is 18.6 Å². The highest BCUT2D eigenvalue weighted by Gasteiger charge is 2.05. The molecule has 0 aliphatic rings. The molecule has 1 unspecified atom stereocenters. The molecule has 1 atom stereocenters. The predicted octanol–water partition coefficient (Wildman–Crippen LogP) is 2.12. The van der Waals surface area contributed by atoms with E-state index < -0.39 is 0 Å². The molecule has 0 aliphatic carbocycles. The van der Waals surface area contributed by atoms with Gasteiger partial charge in [-0.25, -0.2) is 0 Å². The maximum atomic E-state index is 11.5. The van der Waals surface area contributed by atoms with Gasteiger partial charge in [0.1, 0.15) is 12.3 Å². The van der Waals surface area contributed by atoms with Crippen molar-refractivity contribution in [2.75, 3.05) is 6.54 Å². The molecule has 1 aromatic rings. The van der Waals surface area contributed by atoms with Crippen LogP contribution in [-0.2, 0) is 0 Å². The molecule has 90 valence electrons. The van der Waals surface area contributed by atoms with Gasteiger partial charge in [0.25, 0.3) is 5.91 Å². The van der Waals surface area contributed by atoms with Gasteiger partial charge < -0.3 is 10.1 Å². The third kappa shape index (κ3) is 4.15. The summed E-state index contributed by atoms with van der Waals surface area (Å²) in [5.41, 5.74) is 0.525. The lowest BCUT2D eigenvalue weighted by Gasteiger charge is -2.12. The van der Waals surface area contributed by atoms with E-state index in [-0.39, 0.29) is 18.6 Å². The number of nitrogens with one attached hydrogen (secondary N) is 1. The second-order valence-electron chi connectivity index (χ2n) is 3.70. The van der Waals surface area contributed by atoms with Crippen molar-refractivity contribution in [2.45, 2.75) is 26.4 Å². The second-order valence-corrected chi connectivity index (χ2v) is 3.70. The molecule has 0 saturated heterocycles. The van der Waals surface area contributed by atoms with E-state index in [1.54, 1.807) is 24.3 Å². The number of ether oxygens (including phenoxy) is 1. The second kappa shape index (κ2) is 6.54. The number of carbonyl (C=O) groups excluding carboxylic acids is 1. The van der Waals surface area contributed by atoms with Crippen LogP contribution in [0.15, 0.2) is 24.3 Å². The highest BCUT2D eigenvalue weighted by molar-refractivity contribution is 5.94. The zero-order valence-corrected chi connectivity index (χ0v) is 10.1. The summed E-state index contributed by atoms with van der Waals surface area (Å²) in [7, 11) is 0. The van der Waals surface area contributed by atoms with Gasteiger partial charge >= 0.3 is 0 Å². The van der Waals surface area contributed by atoms with Crippen LogP contribution in [0.2, 0.25) is 0 Å². The summed E-state index contributed by atoms with van der Waals surface area (Å²) in [6.45, 7) is 4.06.